The van der Waals surface area contributed by atoms with Crippen LogP contribution < -0.4 is 10.2 Å². The van der Waals surface area contributed by atoms with Crippen molar-refractivity contribution in [2.75, 3.05) is 19.0 Å². The monoisotopic (exact) mass is 364 g/mol. The van der Waals surface area contributed by atoms with Crippen molar-refractivity contribution in [2.45, 2.75) is 25.3 Å². The third kappa shape index (κ3) is 4.16. The largest absolute Gasteiger partial charge is 0.378 e. The van der Waals surface area contributed by atoms with E-state index in [1.807, 2.05) is 73.6 Å². The highest BCUT2D eigenvalue weighted by Crippen LogP contribution is 2.23. The van der Waals surface area contributed by atoms with Crippen LogP contribution in [-0.4, -0.2) is 42.8 Å². The second-order valence-electron chi connectivity index (χ2n) is 7.10. The van der Waals surface area contributed by atoms with Crippen molar-refractivity contribution in [1.82, 2.24) is 10.3 Å². The summed E-state index contributed by atoms with van der Waals surface area (Å²) in [6.45, 7) is 1.75. The van der Waals surface area contributed by atoms with Crippen molar-refractivity contribution in [3.05, 3.63) is 65.7 Å². The summed E-state index contributed by atoms with van der Waals surface area (Å²) < 4.78 is 0. The Labute approximate surface area is 159 Å². The number of rotatable bonds is 6. The third-order valence-corrected chi connectivity index (χ3v) is 4.73. The van der Waals surface area contributed by atoms with Crippen LogP contribution in [0.2, 0.25) is 0 Å². The Balaban J connectivity index is 1.68. The van der Waals surface area contributed by atoms with Crippen molar-refractivity contribution >= 4 is 23.8 Å². The molecule has 1 aliphatic heterocycles. The molecule has 6 nitrogen and oxygen atoms in total. The summed E-state index contributed by atoms with van der Waals surface area (Å²) in [6.07, 6.45) is 2.75. The van der Waals surface area contributed by atoms with Gasteiger partial charge in [0.25, 0.3) is 5.91 Å². The number of carbonyl (C=O) groups is 2. The lowest BCUT2D eigenvalue weighted by molar-refractivity contribution is -0.130. The number of hydrazone groups is 1. The van der Waals surface area contributed by atoms with Gasteiger partial charge in [0, 0.05) is 19.8 Å². The number of imide groups is 1. The number of carbonyl (C=O) groups excluding carboxylic acids is 2. The number of nitrogens with zero attached hydrogens (tertiary/aromatic N) is 3. The zero-order valence-corrected chi connectivity index (χ0v) is 15.8. The average Bonchev–Trinajstić information content (AvgIpc) is 2.88. The molecule has 3 amide bonds. The van der Waals surface area contributed by atoms with E-state index in [4.69, 9.17) is 0 Å². The van der Waals surface area contributed by atoms with Gasteiger partial charge in [0.2, 0.25) is 0 Å². The molecule has 0 aromatic heterocycles. The Morgan fingerprint density at radius 3 is 2.37 bits per heavy atom. The minimum absolute atomic E-state index is 0.329. The molecule has 0 saturated carbocycles. The molecular weight excluding hydrogens is 340 g/mol. The Morgan fingerprint density at radius 2 is 1.74 bits per heavy atom. The van der Waals surface area contributed by atoms with E-state index < -0.39 is 11.6 Å². The molecule has 1 heterocycles. The smallest absolute Gasteiger partial charge is 0.346 e. The number of amides is 3. The maximum absolute atomic E-state index is 12.7. The number of hydrogen-bond acceptors (Lipinski definition) is 4. The predicted octanol–water partition coefficient (Wildman–Crippen LogP) is 3.03. The molecular formula is C21H24N4O2. The van der Waals surface area contributed by atoms with Crippen molar-refractivity contribution in [3.63, 3.8) is 0 Å². The van der Waals surface area contributed by atoms with E-state index in [-0.39, 0.29) is 5.91 Å². The van der Waals surface area contributed by atoms with Gasteiger partial charge >= 0.3 is 6.03 Å². The highest BCUT2D eigenvalue weighted by molar-refractivity contribution is 6.07. The van der Waals surface area contributed by atoms with Crippen molar-refractivity contribution < 1.29 is 9.59 Å². The van der Waals surface area contributed by atoms with E-state index in [0.717, 1.165) is 21.8 Å². The highest BCUT2D eigenvalue weighted by Gasteiger charge is 2.47. The van der Waals surface area contributed by atoms with E-state index in [2.05, 4.69) is 10.4 Å². The van der Waals surface area contributed by atoms with E-state index in [1.54, 1.807) is 6.92 Å². The fourth-order valence-corrected chi connectivity index (χ4v) is 2.96. The maximum atomic E-state index is 12.7. The van der Waals surface area contributed by atoms with Crippen LogP contribution in [-0.2, 0) is 11.2 Å². The fraction of sp³-hybridized carbons (Fsp3) is 0.286. The number of benzene rings is 2. The van der Waals surface area contributed by atoms with Gasteiger partial charge in [-0.25, -0.2) is 4.79 Å². The number of anilines is 1. The van der Waals surface area contributed by atoms with Gasteiger partial charge < -0.3 is 10.2 Å². The first kappa shape index (κ1) is 18.6. The summed E-state index contributed by atoms with van der Waals surface area (Å²) in [6, 6.07) is 17.1. The summed E-state index contributed by atoms with van der Waals surface area (Å²) in [7, 11) is 3.93. The van der Waals surface area contributed by atoms with Gasteiger partial charge in [-0.05, 0) is 43.0 Å². The van der Waals surface area contributed by atoms with E-state index in [1.165, 1.54) is 6.21 Å². The summed E-state index contributed by atoms with van der Waals surface area (Å²) >= 11 is 0. The summed E-state index contributed by atoms with van der Waals surface area (Å²) in [4.78, 5) is 27.0. The average molecular weight is 364 g/mol. The Hall–Kier alpha value is -3.15. The van der Waals surface area contributed by atoms with E-state index in [0.29, 0.717) is 12.8 Å². The lowest BCUT2D eigenvalue weighted by Crippen LogP contribution is -2.44. The molecule has 1 aliphatic rings. The molecule has 0 aliphatic carbocycles. The summed E-state index contributed by atoms with van der Waals surface area (Å²) in [5.74, 6) is -0.329. The van der Waals surface area contributed by atoms with Gasteiger partial charge in [-0.1, -0.05) is 42.5 Å². The molecule has 0 bridgehead atoms. The van der Waals surface area contributed by atoms with Crippen LogP contribution >= 0.6 is 0 Å². The van der Waals surface area contributed by atoms with E-state index in [9.17, 15) is 9.59 Å². The number of nitrogens with one attached hydrogen (secondary N) is 1. The molecule has 3 rings (SSSR count). The molecule has 0 radical (unpaired) electrons. The molecule has 0 spiro atoms. The SMILES string of the molecule is CN(C)c1ccc(/C=N\N2C(=O)N[C@@](C)(CCc3ccccc3)C2=O)cc1. The van der Waals surface area contributed by atoms with Crippen LogP contribution in [0.25, 0.3) is 0 Å². The Bertz CT molecular complexity index is 846. The summed E-state index contributed by atoms with van der Waals surface area (Å²) in [5.41, 5.74) is 2.07. The molecule has 1 atom stereocenters. The summed E-state index contributed by atoms with van der Waals surface area (Å²) in [5, 5.41) is 7.81. The molecule has 2 aromatic carbocycles. The minimum atomic E-state index is -0.945. The first-order chi connectivity index (χ1) is 12.9. The lowest BCUT2D eigenvalue weighted by Gasteiger charge is -2.20. The van der Waals surface area contributed by atoms with Crippen LogP contribution in [0.15, 0.2) is 59.7 Å². The molecule has 140 valence electrons. The number of aryl methyl sites for hydroxylation is 1. The number of hydrogen-bond donors (Lipinski definition) is 1. The quantitative estimate of drug-likeness (QED) is 0.633. The van der Waals surface area contributed by atoms with Gasteiger partial charge in [0.1, 0.15) is 5.54 Å². The highest BCUT2D eigenvalue weighted by atomic mass is 16.2. The van der Waals surface area contributed by atoms with Crippen LogP contribution in [0.3, 0.4) is 0 Å². The van der Waals surface area contributed by atoms with Crippen LogP contribution in [0.5, 0.6) is 0 Å². The second-order valence-corrected chi connectivity index (χ2v) is 7.10. The predicted molar refractivity (Wildman–Crippen MR) is 107 cm³/mol. The molecule has 27 heavy (non-hydrogen) atoms. The third-order valence-electron chi connectivity index (χ3n) is 4.73. The van der Waals surface area contributed by atoms with Crippen molar-refractivity contribution in [2.24, 2.45) is 5.10 Å². The van der Waals surface area contributed by atoms with E-state index >= 15 is 0 Å². The van der Waals surface area contributed by atoms with Crippen molar-refractivity contribution in [1.29, 1.82) is 0 Å². The minimum Gasteiger partial charge on any atom is -0.378 e. The Morgan fingerprint density at radius 1 is 1.07 bits per heavy atom. The van der Waals surface area contributed by atoms with Gasteiger partial charge in [-0.3, -0.25) is 4.79 Å². The van der Waals surface area contributed by atoms with Gasteiger partial charge in [0.05, 0.1) is 6.21 Å². The molecule has 2 aromatic rings. The van der Waals surface area contributed by atoms with Gasteiger partial charge in [-0.15, -0.1) is 5.01 Å². The molecule has 0 unspecified atom stereocenters. The normalized spacial score (nSPS) is 19.6. The maximum Gasteiger partial charge on any atom is 0.346 e. The zero-order chi connectivity index (χ0) is 19.4. The standard InChI is InChI=1S/C21H24N4O2/c1-21(14-13-16-7-5-4-6-8-16)19(26)25(20(27)23-21)22-15-17-9-11-18(12-10-17)24(2)3/h4-12,15H,13-14H2,1-3H3,(H,23,27)/b22-15-/t21-/m0/s1. The van der Waals surface area contributed by atoms with Crippen LogP contribution in [0.4, 0.5) is 10.5 Å². The molecule has 1 saturated heterocycles. The second kappa shape index (κ2) is 7.61. The fourth-order valence-electron chi connectivity index (χ4n) is 2.96. The van der Waals surface area contributed by atoms with Gasteiger partial charge in [0.15, 0.2) is 0 Å². The van der Waals surface area contributed by atoms with Crippen LogP contribution in [0.1, 0.15) is 24.5 Å². The van der Waals surface area contributed by atoms with Crippen molar-refractivity contribution in [3.8, 4) is 0 Å². The van der Waals surface area contributed by atoms with Crippen LogP contribution in [0, 0.1) is 0 Å². The first-order valence-electron chi connectivity index (χ1n) is 8.91. The Kier molecular flexibility index (Phi) is 5.26. The first-order valence-corrected chi connectivity index (χ1v) is 8.91. The molecule has 1 fully saturated rings. The zero-order valence-electron chi connectivity index (χ0n) is 15.8. The molecule has 6 heteroatoms. The topological polar surface area (TPSA) is 65.0 Å². The lowest BCUT2D eigenvalue weighted by atomic mass is 9.93. The number of urea groups is 1. The molecule has 1 N–H and O–H groups in total. The van der Waals surface area contributed by atoms with Gasteiger partial charge in [-0.2, -0.15) is 5.10 Å².